The summed E-state index contributed by atoms with van der Waals surface area (Å²) < 4.78 is 0. The average Bonchev–Trinajstić information content (AvgIpc) is 3.04. The third-order valence-corrected chi connectivity index (χ3v) is 4.71. The number of carbonyl (C=O) groups excluding carboxylic acids is 1. The Labute approximate surface area is 155 Å². The summed E-state index contributed by atoms with van der Waals surface area (Å²) in [6.07, 6.45) is 0. The van der Waals surface area contributed by atoms with Crippen LogP contribution in [0.2, 0.25) is 5.02 Å². The largest absolute Gasteiger partial charge is 0.374 e. The average molecular weight is 372 g/mol. The molecule has 3 rings (SSSR count). The molecule has 1 heterocycles. The second-order valence-electron chi connectivity index (χ2n) is 5.69. The predicted molar refractivity (Wildman–Crippen MR) is 105 cm³/mol. The van der Waals surface area contributed by atoms with Gasteiger partial charge in [-0.2, -0.15) is 0 Å². The van der Waals surface area contributed by atoms with Crippen molar-refractivity contribution in [1.82, 2.24) is 4.98 Å². The number of hydrogen-bond acceptors (Lipinski definition) is 4. The van der Waals surface area contributed by atoms with Gasteiger partial charge in [0.25, 0.3) is 0 Å². The monoisotopic (exact) mass is 371 g/mol. The van der Waals surface area contributed by atoms with Crippen molar-refractivity contribution in [2.75, 3.05) is 10.6 Å². The van der Waals surface area contributed by atoms with Crippen molar-refractivity contribution in [2.45, 2.75) is 19.9 Å². The summed E-state index contributed by atoms with van der Waals surface area (Å²) in [6, 6.07) is 14.6. The molecular weight excluding hydrogens is 354 g/mol. The van der Waals surface area contributed by atoms with Crippen LogP contribution in [-0.4, -0.2) is 16.9 Å². The molecule has 6 heteroatoms. The van der Waals surface area contributed by atoms with E-state index in [1.807, 2.05) is 43.5 Å². The van der Waals surface area contributed by atoms with Gasteiger partial charge in [-0.3, -0.25) is 4.79 Å². The molecule has 1 amide bonds. The molecule has 1 atom stereocenters. The molecule has 25 heavy (non-hydrogen) atoms. The van der Waals surface area contributed by atoms with Crippen molar-refractivity contribution in [3.05, 3.63) is 63.9 Å². The molecule has 4 nitrogen and oxygen atoms in total. The van der Waals surface area contributed by atoms with E-state index in [9.17, 15) is 4.79 Å². The minimum absolute atomic E-state index is 0.110. The number of halogens is 1. The van der Waals surface area contributed by atoms with Gasteiger partial charge in [-0.25, -0.2) is 4.98 Å². The number of amides is 1. The lowest BCUT2D eigenvalue weighted by Crippen LogP contribution is -2.31. The summed E-state index contributed by atoms with van der Waals surface area (Å²) in [6.45, 7) is 3.81. The highest BCUT2D eigenvalue weighted by atomic mass is 35.5. The number of rotatable bonds is 5. The van der Waals surface area contributed by atoms with Crippen molar-refractivity contribution in [2.24, 2.45) is 0 Å². The van der Waals surface area contributed by atoms with Crippen LogP contribution in [0.15, 0.2) is 53.9 Å². The third kappa shape index (κ3) is 4.59. The Morgan fingerprint density at radius 3 is 2.32 bits per heavy atom. The van der Waals surface area contributed by atoms with Gasteiger partial charge in [0.15, 0.2) is 0 Å². The molecule has 128 valence electrons. The quantitative estimate of drug-likeness (QED) is 0.647. The Balaban J connectivity index is 1.61. The number of anilines is 2. The van der Waals surface area contributed by atoms with Gasteiger partial charge in [0.1, 0.15) is 6.04 Å². The molecule has 0 fully saturated rings. The second-order valence-corrected chi connectivity index (χ2v) is 7.19. The number of benzene rings is 2. The highest BCUT2D eigenvalue weighted by molar-refractivity contribution is 7.09. The fraction of sp³-hybridized carbons (Fsp3) is 0.158. The van der Waals surface area contributed by atoms with E-state index in [2.05, 4.69) is 15.6 Å². The van der Waals surface area contributed by atoms with Gasteiger partial charge in [0, 0.05) is 27.3 Å². The first kappa shape index (κ1) is 17.5. The lowest BCUT2D eigenvalue weighted by molar-refractivity contribution is -0.116. The van der Waals surface area contributed by atoms with Crippen LogP contribution in [0.25, 0.3) is 11.3 Å². The van der Waals surface area contributed by atoms with E-state index in [4.69, 9.17) is 11.6 Å². The van der Waals surface area contributed by atoms with Crippen molar-refractivity contribution >= 4 is 40.2 Å². The van der Waals surface area contributed by atoms with Gasteiger partial charge in [0.05, 0.1) is 10.7 Å². The number of carbonyl (C=O) groups is 1. The SMILES string of the molecule is Cc1nc(-c2ccc(N[C@@H](C)C(=O)Nc3ccc(Cl)cc3)cc2)cs1. The normalized spacial score (nSPS) is 11.8. The van der Waals surface area contributed by atoms with E-state index in [1.165, 1.54) is 0 Å². The van der Waals surface area contributed by atoms with Crippen LogP contribution >= 0.6 is 22.9 Å². The maximum atomic E-state index is 12.3. The smallest absolute Gasteiger partial charge is 0.246 e. The molecule has 2 aromatic carbocycles. The van der Waals surface area contributed by atoms with E-state index in [0.717, 1.165) is 27.6 Å². The molecule has 0 aliphatic heterocycles. The number of nitrogens with zero attached hydrogens (tertiary/aromatic N) is 1. The van der Waals surface area contributed by atoms with Crippen molar-refractivity contribution in [3.8, 4) is 11.3 Å². The number of nitrogens with one attached hydrogen (secondary N) is 2. The van der Waals surface area contributed by atoms with Crippen LogP contribution in [0.5, 0.6) is 0 Å². The van der Waals surface area contributed by atoms with E-state index < -0.39 is 0 Å². The minimum Gasteiger partial charge on any atom is -0.374 e. The van der Waals surface area contributed by atoms with E-state index in [0.29, 0.717) is 5.02 Å². The zero-order chi connectivity index (χ0) is 17.8. The number of aryl methyl sites for hydroxylation is 1. The standard InChI is InChI=1S/C19H18ClN3OS/c1-12(19(24)23-17-9-5-15(20)6-10-17)21-16-7-3-14(4-8-16)18-11-25-13(2)22-18/h3-12,21H,1-2H3,(H,23,24)/t12-/m0/s1. The van der Waals surface area contributed by atoms with Crippen molar-refractivity contribution < 1.29 is 4.79 Å². The number of aromatic nitrogens is 1. The Kier molecular flexibility index (Phi) is 5.36. The molecular formula is C19H18ClN3OS. The fourth-order valence-electron chi connectivity index (χ4n) is 2.33. The summed E-state index contributed by atoms with van der Waals surface area (Å²) in [5, 5.41) is 9.79. The highest BCUT2D eigenvalue weighted by Crippen LogP contribution is 2.23. The van der Waals surface area contributed by atoms with Crippen LogP contribution in [0, 0.1) is 6.92 Å². The molecule has 0 bridgehead atoms. The Morgan fingerprint density at radius 1 is 1.08 bits per heavy atom. The molecule has 0 saturated carbocycles. The molecule has 3 aromatic rings. The van der Waals surface area contributed by atoms with Gasteiger partial charge in [-0.05, 0) is 50.2 Å². The summed E-state index contributed by atoms with van der Waals surface area (Å²) in [7, 11) is 0. The number of thiazole rings is 1. The first-order valence-corrected chi connectivity index (χ1v) is 9.12. The Morgan fingerprint density at radius 2 is 1.72 bits per heavy atom. The number of hydrogen-bond donors (Lipinski definition) is 2. The van der Waals surface area contributed by atoms with Gasteiger partial charge in [0.2, 0.25) is 5.91 Å². The van der Waals surface area contributed by atoms with Crippen LogP contribution in [0.3, 0.4) is 0 Å². The van der Waals surface area contributed by atoms with E-state index >= 15 is 0 Å². The van der Waals surface area contributed by atoms with Crippen LogP contribution in [-0.2, 0) is 4.79 Å². The first-order chi connectivity index (χ1) is 12.0. The van der Waals surface area contributed by atoms with Gasteiger partial charge < -0.3 is 10.6 Å². The molecule has 2 N–H and O–H groups in total. The van der Waals surface area contributed by atoms with E-state index in [-0.39, 0.29) is 11.9 Å². The van der Waals surface area contributed by atoms with Crippen molar-refractivity contribution in [3.63, 3.8) is 0 Å². The first-order valence-electron chi connectivity index (χ1n) is 7.87. The van der Waals surface area contributed by atoms with Crippen LogP contribution in [0.4, 0.5) is 11.4 Å². The molecule has 0 spiro atoms. The minimum atomic E-state index is -0.372. The molecule has 0 aliphatic carbocycles. The lowest BCUT2D eigenvalue weighted by Gasteiger charge is -2.15. The molecule has 0 saturated heterocycles. The van der Waals surface area contributed by atoms with Gasteiger partial charge in [-0.1, -0.05) is 23.7 Å². The fourth-order valence-corrected chi connectivity index (χ4v) is 3.08. The maximum absolute atomic E-state index is 12.3. The van der Waals surface area contributed by atoms with E-state index in [1.54, 1.807) is 35.6 Å². The van der Waals surface area contributed by atoms with Crippen LogP contribution < -0.4 is 10.6 Å². The maximum Gasteiger partial charge on any atom is 0.246 e. The topological polar surface area (TPSA) is 54.0 Å². The van der Waals surface area contributed by atoms with Gasteiger partial charge in [-0.15, -0.1) is 11.3 Å². The molecule has 0 radical (unpaired) electrons. The van der Waals surface area contributed by atoms with Crippen LogP contribution in [0.1, 0.15) is 11.9 Å². The summed E-state index contributed by atoms with van der Waals surface area (Å²) in [5.41, 5.74) is 3.64. The molecule has 0 unspecified atom stereocenters. The van der Waals surface area contributed by atoms with Gasteiger partial charge >= 0.3 is 0 Å². The predicted octanol–water partition coefficient (Wildman–Crippen LogP) is 5.21. The summed E-state index contributed by atoms with van der Waals surface area (Å²) in [4.78, 5) is 16.8. The Bertz CT molecular complexity index is 859. The molecule has 0 aliphatic rings. The van der Waals surface area contributed by atoms with Crippen molar-refractivity contribution in [1.29, 1.82) is 0 Å². The summed E-state index contributed by atoms with van der Waals surface area (Å²) >= 11 is 7.48. The lowest BCUT2D eigenvalue weighted by atomic mass is 10.1. The highest BCUT2D eigenvalue weighted by Gasteiger charge is 2.13. The summed E-state index contributed by atoms with van der Waals surface area (Å²) in [5.74, 6) is -0.110. The zero-order valence-electron chi connectivity index (χ0n) is 13.9. The molecule has 1 aromatic heterocycles. The Hall–Kier alpha value is -2.37. The third-order valence-electron chi connectivity index (χ3n) is 3.69. The zero-order valence-corrected chi connectivity index (χ0v) is 15.5. The second kappa shape index (κ2) is 7.68.